The smallest absolute Gasteiger partial charge is 0.336 e. The monoisotopic (exact) mass is 561 g/mol. The standard InChI is InChI=1S/C22H20Cl2F3N5O5/c1-3-32(30-21(33)17-7-19(35-2)31-37-17)22(34)29-9-16-15(25)4-11(8-28-16)13-5-12(23)6-14(24)20(13)36-10-18(26)27/h4-8,18H,3,9-10H2,1-2H3,(H,29,34)(H,30,33). The molecule has 3 aromatic rings. The van der Waals surface area contributed by atoms with Crippen molar-refractivity contribution in [3.63, 3.8) is 0 Å². The highest BCUT2D eigenvalue weighted by molar-refractivity contribution is 6.36. The summed E-state index contributed by atoms with van der Waals surface area (Å²) >= 11 is 12.1. The second-order valence-electron chi connectivity index (χ2n) is 7.20. The molecule has 0 aliphatic carbocycles. The molecule has 0 fully saturated rings. The lowest BCUT2D eigenvalue weighted by Crippen LogP contribution is -2.50. The van der Waals surface area contributed by atoms with Gasteiger partial charge in [-0.2, -0.15) is 0 Å². The lowest BCUT2D eigenvalue weighted by Gasteiger charge is -2.21. The Morgan fingerprint density at radius 1 is 1.22 bits per heavy atom. The Balaban J connectivity index is 1.70. The zero-order valence-electron chi connectivity index (χ0n) is 19.4. The van der Waals surface area contributed by atoms with E-state index >= 15 is 0 Å². The quantitative estimate of drug-likeness (QED) is 0.363. The van der Waals surface area contributed by atoms with Crippen molar-refractivity contribution in [2.75, 3.05) is 20.3 Å². The number of pyridine rings is 1. The zero-order valence-corrected chi connectivity index (χ0v) is 20.9. The molecule has 0 bridgehead atoms. The second kappa shape index (κ2) is 12.5. The van der Waals surface area contributed by atoms with Gasteiger partial charge in [0, 0.05) is 28.9 Å². The molecule has 0 unspecified atom stereocenters. The maximum Gasteiger partial charge on any atom is 0.336 e. The van der Waals surface area contributed by atoms with E-state index in [1.165, 1.54) is 31.5 Å². The first-order valence-corrected chi connectivity index (χ1v) is 11.3. The van der Waals surface area contributed by atoms with E-state index in [9.17, 15) is 22.8 Å². The number of hydrazine groups is 1. The average molecular weight is 562 g/mol. The predicted molar refractivity (Wildman–Crippen MR) is 126 cm³/mol. The third-order valence-corrected chi connectivity index (χ3v) is 5.22. The molecule has 0 radical (unpaired) electrons. The number of hydrogen-bond acceptors (Lipinski definition) is 7. The van der Waals surface area contributed by atoms with Crippen LogP contribution in [0.2, 0.25) is 10.0 Å². The number of amides is 3. The lowest BCUT2D eigenvalue weighted by atomic mass is 10.1. The van der Waals surface area contributed by atoms with Gasteiger partial charge in [0.15, 0.2) is 0 Å². The van der Waals surface area contributed by atoms with Gasteiger partial charge in [0.2, 0.25) is 5.76 Å². The van der Waals surface area contributed by atoms with E-state index in [0.717, 1.165) is 11.1 Å². The highest BCUT2D eigenvalue weighted by Gasteiger charge is 2.21. The Labute approximate surface area is 218 Å². The van der Waals surface area contributed by atoms with Crippen LogP contribution in [0.25, 0.3) is 11.1 Å². The number of nitrogens with zero attached hydrogens (tertiary/aromatic N) is 3. The molecule has 0 saturated heterocycles. The van der Waals surface area contributed by atoms with Crippen molar-refractivity contribution in [1.29, 1.82) is 0 Å². The fraction of sp³-hybridized carbons (Fsp3) is 0.273. The first-order valence-electron chi connectivity index (χ1n) is 10.5. The van der Waals surface area contributed by atoms with Gasteiger partial charge in [-0.15, -0.1) is 0 Å². The van der Waals surface area contributed by atoms with Crippen LogP contribution in [0.3, 0.4) is 0 Å². The fourth-order valence-electron chi connectivity index (χ4n) is 2.98. The molecule has 0 atom stereocenters. The molecule has 1 aromatic carbocycles. The molecule has 0 aliphatic heterocycles. The van der Waals surface area contributed by atoms with Crippen LogP contribution in [0.1, 0.15) is 23.2 Å². The molecule has 0 spiro atoms. The average Bonchev–Trinajstić information content (AvgIpc) is 3.34. The van der Waals surface area contributed by atoms with E-state index in [-0.39, 0.29) is 57.3 Å². The first kappa shape index (κ1) is 27.9. The van der Waals surface area contributed by atoms with Crippen molar-refractivity contribution >= 4 is 35.1 Å². The molecule has 0 aliphatic rings. The number of aromatic nitrogens is 2. The molecule has 198 valence electrons. The van der Waals surface area contributed by atoms with Gasteiger partial charge < -0.3 is 19.3 Å². The fourth-order valence-corrected chi connectivity index (χ4v) is 3.53. The molecule has 3 amide bonds. The lowest BCUT2D eigenvalue weighted by molar-refractivity contribution is 0.0793. The summed E-state index contributed by atoms with van der Waals surface area (Å²) in [7, 11) is 1.34. The molecule has 3 rings (SSSR count). The summed E-state index contributed by atoms with van der Waals surface area (Å²) in [5.41, 5.74) is 2.50. The molecular formula is C22H20Cl2F3N5O5. The SMILES string of the molecule is CCN(NC(=O)c1cc(OC)no1)C(=O)NCc1ncc(-c2cc(Cl)cc(Cl)c2OCC(F)F)cc1F. The van der Waals surface area contributed by atoms with Crippen LogP contribution in [0.4, 0.5) is 18.0 Å². The topological polar surface area (TPSA) is 119 Å². The largest absolute Gasteiger partial charge is 0.485 e. The minimum absolute atomic E-state index is 0.0367. The number of benzene rings is 1. The van der Waals surface area contributed by atoms with Gasteiger partial charge in [0.25, 0.3) is 12.3 Å². The number of alkyl halides is 2. The summed E-state index contributed by atoms with van der Waals surface area (Å²) in [6.07, 6.45) is -1.51. The van der Waals surface area contributed by atoms with Crippen molar-refractivity contribution in [2.24, 2.45) is 0 Å². The number of urea groups is 1. The van der Waals surface area contributed by atoms with Gasteiger partial charge >= 0.3 is 11.9 Å². The number of hydrogen-bond donors (Lipinski definition) is 2. The number of carbonyl (C=O) groups excluding carboxylic acids is 2. The van der Waals surface area contributed by atoms with Gasteiger partial charge in [-0.1, -0.05) is 23.2 Å². The number of nitrogens with one attached hydrogen (secondary N) is 2. The Morgan fingerprint density at radius 3 is 2.59 bits per heavy atom. The van der Waals surface area contributed by atoms with Crippen LogP contribution in [0.15, 0.2) is 35.0 Å². The Morgan fingerprint density at radius 2 is 1.97 bits per heavy atom. The molecule has 0 saturated carbocycles. The van der Waals surface area contributed by atoms with E-state index in [4.69, 9.17) is 37.2 Å². The van der Waals surface area contributed by atoms with Gasteiger partial charge in [-0.3, -0.25) is 15.2 Å². The van der Waals surface area contributed by atoms with E-state index in [1.54, 1.807) is 6.92 Å². The maximum absolute atomic E-state index is 14.8. The summed E-state index contributed by atoms with van der Waals surface area (Å²) in [5, 5.41) is 7.00. The number of carbonyl (C=O) groups is 2. The second-order valence-corrected chi connectivity index (χ2v) is 8.04. The molecule has 37 heavy (non-hydrogen) atoms. The van der Waals surface area contributed by atoms with Crippen LogP contribution in [-0.2, 0) is 6.54 Å². The Kier molecular flexibility index (Phi) is 9.42. The van der Waals surface area contributed by atoms with Gasteiger partial charge in [-0.05, 0) is 30.3 Å². The highest BCUT2D eigenvalue weighted by Crippen LogP contribution is 2.39. The molecule has 15 heteroatoms. The predicted octanol–water partition coefficient (Wildman–Crippen LogP) is 4.71. The van der Waals surface area contributed by atoms with Crippen molar-refractivity contribution in [1.82, 2.24) is 25.9 Å². The number of halogens is 5. The minimum atomic E-state index is -2.76. The summed E-state index contributed by atoms with van der Waals surface area (Å²) in [5.74, 6) is -1.78. The summed E-state index contributed by atoms with van der Waals surface area (Å²) in [6.45, 7) is 0.397. The van der Waals surface area contributed by atoms with Crippen molar-refractivity contribution in [2.45, 2.75) is 19.9 Å². The number of rotatable bonds is 9. The summed E-state index contributed by atoms with van der Waals surface area (Å²) in [4.78, 5) is 28.7. The van der Waals surface area contributed by atoms with Gasteiger partial charge in [0.1, 0.15) is 18.2 Å². The Hall–Kier alpha value is -3.71. The van der Waals surface area contributed by atoms with Gasteiger partial charge in [0.05, 0.1) is 30.4 Å². The normalized spacial score (nSPS) is 10.8. The van der Waals surface area contributed by atoms with E-state index in [0.29, 0.717) is 0 Å². The summed E-state index contributed by atoms with van der Waals surface area (Å²) < 4.78 is 54.9. The molecule has 2 heterocycles. The number of ether oxygens (including phenoxy) is 2. The van der Waals surface area contributed by atoms with Crippen LogP contribution >= 0.6 is 23.2 Å². The Bertz CT molecular complexity index is 1280. The maximum atomic E-state index is 14.8. The van der Waals surface area contributed by atoms with Crippen molar-refractivity contribution < 1.29 is 36.8 Å². The van der Waals surface area contributed by atoms with Crippen molar-refractivity contribution in [3.05, 3.63) is 57.8 Å². The van der Waals surface area contributed by atoms with E-state index < -0.39 is 30.8 Å². The first-order chi connectivity index (χ1) is 17.6. The van der Waals surface area contributed by atoms with E-state index in [2.05, 4.69) is 20.9 Å². The third kappa shape index (κ3) is 7.17. The molecule has 2 N–H and O–H groups in total. The molecule has 10 nitrogen and oxygen atoms in total. The number of methoxy groups -OCH3 is 1. The van der Waals surface area contributed by atoms with Crippen molar-refractivity contribution in [3.8, 4) is 22.8 Å². The molecule has 2 aromatic heterocycles. The van der Waals surface area contributed by atoms with Gasteiger partial charge in [-0.25, -0.2) is 23.0 Å². The van der Waals surface area contributed by atoms with Crippen LogP contribution in [0.5, 0.6) is 11.6 Å². The third-order valence-electron chi connectivity index (χ3n) is 4.72. The van der Waals surface area contributed by atoms with Crippen LogP contribution < -0.4 is 20.2 Å². The minimum Gasteiger partial charge on any atom is -0.485 e. The van der Waals surface area contributed by atoms with Crippen LogP contribution in [-0.4, -0.2) is 53.8 Å². The van der Waals surface area contributed by atoms with Crippen LogP contribution in [0, 0.1) is 5.82 Å². The summed E-state index contributed by atoms with van der Waals surface area (Å²) in [6, 6.07) is 4.23. The zero-order chi connectivity index (χ0) is 27.1. The van der Waals surface area contributed by atoms with E-state index in [1.807, 2.05) is 0 Å². The molecular weight excluding hydrogens is 542 g/mol. The highest BCUT2D eigenvalue weighted by atomic mass is 35.5.